The van der Waals surface area contributed by atoms with Crippen molar-refractivity contribution in [3.05, 3.63) is 99.7 Å². The second-order valence-corrected chi connectivity index (χ2v) is 9.26. The number of hydrogen-bond acceptors (Lipinski definition) is 7. The van der Waals surface area contributed by atoms with Crippen molar-refractivity contribution in [2.45, 2.75) is 33.4 Å². The summed E-state index contributed by atoms with van der Waals surface area (Å²) in [5.74, 6) is 1.29. The molecule has 2 N–H and O–H groups in total. The molecule has 0 saturated carbocycles. The van der Waals surface area contributed by atoms with E-state index in [1.165, 1.54) is 0 Å². The average molecular weight is 531 g/mol. The minimum atomic E-state index is -0.595. The van der Waals surface area contributed by atoms with Gasteiger partial charge in [-0.2, -0.15) is 4.68 Å². The molecule has 0 aliphatic carbocycles. The van der Waals surface area contributed by atoms with Crippen molar-refractivity contribution >= 4 is 29.1 Å². The highest BCUT2D eigenvalue weighted by molar-refractivity contribution is 6.31. The summed E-state index contributed by atoms with van der Waals surface area (Å²) in [5, 5.41) is 18.9. The minimum absolute atomic E-state index is 0.260. The largest absolute Gasteiger partial charge is 0.490 e. The van der Waals surface area contributed by atoms with E-state index in [0.29, 0.717) is 46.0 Å². The summed E-state index contributed by atoms with van der Waals surface area (Å²) in [6, 6.07) is 20.2. The summed E-state index contributed by atoms with van der Waals surface area (Å²) in [4.78, 5) is 13.6. The van der Waals surface area contributed by atoms with Gasteiger partial charge in [0, 0.05) is 22.0 Å². The summed E-state index contributed by atoms with van der Waals surface area (Å²) in [6.45, 7) is 6.43. The van der Waals surface area contributed by atoms with E-state index < -0.39 is 6.04 Å². The molecule has 38 heavy (non-hydrogen) atoms. The van der Waals surface area contributed by atoms with E-state index in [4.69, 9.17) is 21.1 Å². The Morgan fingerprint density at radius 3 is 2.68 bits per heavy atom. The summed E-state index contributed by atoms with van der Waals surface area (Å²) < 4.78 is 13.6. The van der Waals surface area contributed by atoms with Crippen LogP contribution in [0.3, 0.4) is 0 Å². The van der Waals surface area contributed by atoms with Gasteiger partial charge in [-0.25, -0.2) is 0 Å². The number of carbonyl (C=O) groups is 1. The van der Waals surface area contributed by atoms with E-state index in [2.05, 4.69) is 26.2 Å². The fraction of sp³-hybridized carbons (Fsp3) is 0.214. The molecule has 10 heteroatoms. The van der Waals surface area contributed by atoms with Gasteiger partial charge in [0.1, 0.15) is 12.6 Å². The maximum Gasteiger partial charge on any atom is 0.255 e. The first-order chi connectivity index (χ1) is 18.4. The standard InChI is InChI=1S/C28H27ClN6O3/c1-4-37-24-15-19(12-13-23(24)38-16-20-9-5-6-11-22(20)29)26-25(18(3)30-28-32-33-34-35(26)28)27(36)31-21-10-7-8-17(2)14-21/h5-15,26H,4,16H2,1-3H3,(H,31,36)(H,30,32,34). The van der Waals surface area contributed by atoms with Crippen LogP contribution in [0, 0.1) is 6.92 Å². The van der Waals surface area contributed by atoms with Crippen LogP contribution < -0.4 is 20.1 Å². The number of rotatable bonds is 8. The lowest BCUT2D eigenvalue weighted by Crippen LogP contribution is -2.31. The molecular weight excluding hydrogens is 504 g/mol. The molecule has 0 bridgehead atoms. The highest BCUT2D eigenvalue weighted by Gasteiger charge is 2.34. The third kappa shape index (κ3) is 5.19. The third-order valence-electron chi connectivity index (χ3n) is 6.16. The number of benzene rings is 3. The van der Waals surface area contributed by atoms with Gasteiger partial charge in [0.15, 0.2) is 11.5 Å². The Balaban J connectivity index is 1.50. The number of allylic oxidation sites excluding steroid dienone is 1. The Morgan fingerprint density at radius 2 is 1.89 bits per heavy atom. The number of anilines is 2. The second kappa shape index (κ2) is 10.9. The van der Waals surface area contributed by atoms with Gasteiger partial charge in [-0.05, 0) is 72.7 Å². The maximum atomic E-state index is 13.6. The lowest BCUT2D eigenvalue weighted by atomic mass is 9.94. The van der Waals surface area contributed by atoms with Gasteiger partial charge in [0.25, 0.3) is 5.91 Å². The molecule has 1 atom stereocenters. The number of fused-ring (bicyclic) bond motifs is 1. The quantitative estimate of drug-likeness (QED) is 0.308. The molecule has 9 nitrogen and oxygen atoms in total. The van der Waals surface area contributed by atoms with Crippen molar-refractivity contribution < 1.29 is 14.3 Å². The lowest BCUT2D eigenvalue weighted by molar-refractivity contribution is -0.113. The molecule has 3 aromatic carbocycles. The van der Waals surface area contributed by atoms with E-state index in [9.17, 15) is 4.79 Å². The predicted molar refractivity (Wildman–Crippen MR) is 145 cm³/mol. The SMILES string of the molecule is CCOc1cc(C2C(C(=O)Nc3cccc(C)c3)=C(C)Nc3nnnn32)ccc1OCc1ccccc1Cl. The number of carbonyl (C=O) groups excluding carboxylic acids is 1. The first-order valence-corrected chi connectivity index (χ1v) is 12.6. The molecule has 194 valence electrons. The van der Waals surface area contributed by atoms with Crippen LogP contribution in [0.4, 0.5) is 11.6 Å². The lowest BCUT2D eigenvalue weighted by Gasteiger charge is -2.28. The van der Waals surface area contributed by atoms with Gasteiger partial charge in [-0.15, -0.1) is 0 Å². The number of nitrogens with zero attached hydrogens (tertiary/aromatic N) is 4. The van der Waals surface area contributed by atoms with Crippen LogP contribution in [-0.4, -0.2) is 32.7 Å². The smallest absolute Gasteiger partial charge is 0.255 e. The van der Waals surface area contributed by atoms with Crippen molar-refractivity contribution in [3.8, 4) is 11.5 Å². The molecule has 0 spiro atoms. The van der Waals surface area contributed by atoms with Crippen molar-refractivity contribution in [2.75, 3.05) is 17.2 Å². The zero-order valence-corrected chi connectivity index (χ0v) is 22.0. The minimum Gasteiger partial charge on any atom is -0.490 e. The van der Waals surface area contributed by atoms with E-state index in [0.717, 1.165) is 16.7 Å². The topological polar surface area (TPSA) is 103 Å². The van der Waals surface area contributed by atoms with E-state index in [1.54, 1.807) is 4.68 Å². The van der Waals surface area contributed by atoms with Crippen LogP contribution in [0.15, 0.2) is 78.0 Å². The van der Waals surface area contributed by atoms with Crippen LogP contribution in [0.5, 0.6) is 11.5 Å². The van der Waals surface area contributed by atoms with Gasteiger partial charge < -0.3 is 20.1 Å². The van der Waals surface area contributed by atoms with Crippen molar-refractivity contribution in [2.24, 2.45) is 0 Å². The predicted octanol–water partition coefficient (Wildman–Crippen LogP) is 5.54. The Hall–Kier alpha value is -4.37. The maximum absolute atomic E-state index is 13.6. The summed E-state index contributed by atoms with van der Waals surface area (Å²) in [6.07, 6.45) is 0. The Morgan fingerprint density at radius 1 is 1.05 bits per heavy atom. The van der Waals surface area contributed by atoms with Gasteiger partial charge >= 0.3 is 0 Å². The normalized spacial score (nSPS) is 14.5. The molecule has 0 saturated heterocycles. The fourth-order valence-electron chi connectivity index (χ4n) is 4.39. The van der Waals surface area contributed by atoms with Crippen molar-refractivity contribution in [1.29, 1.82) is 0 Å². The van der Waals surface area contributed by atoms with Crippen molar-refractivity contribution in [3.63, 3.8) is 0 Å². The number of ether oxygens (including phenoxy) is 2. The number of hydrogen-bond donors (Lipinski definition) is 2. The zero-order valence-electron chi connectivity index (χ0n) is 21.2. The monoisotopic (exact) mass is 530 g/mol. The first-order valence-electron chi connectivity index (χ1n) is 12.2. The van der Waals surface area contributed by atoms with Gasteiger partial charge in [-0.1, -0.05) is 53.1 Å². The number of nitrogens with one attached hydrogen (secondary N) is 2. The molecule has 0 radical (unpaired) electrons. The fourth-order valence-corrected chi connectivity index (χ4v) is 4.58. The van der Waals surface area contributed by atoms with Gasteiger partial charge in [0.05, 0.1) is 12.2 Å². The highest BCUT2D eigenvalue weighted by Crippen LogP contribution is 2.39. The molecule has 4 aromatic rings. The Bertz CT molecular complexity index is 1520. The molecular formula is C28H27ClN6O3. The molecule has 0 fully saturated rings. The number of amides is 1. The van der Waals surface area contributed by atoms with Crippen LogP contribution in [0.1, 0.15) is 36.6 Å². The average Bonchev–Trinajstić information content (AvgIpc) is 3.36. The Kier molecular flexibility index (Phi) is 7.28. The second-order valence-electron chi connectivity index (χ2n) is 8.86. The molecule has 1 amide bonds. The molecule has 5 rings (SSSR count). The van der Waals surface area contributed by atoms with Gasteiger partial charge in [0.2, 0.25) is 5.95 Å². The molecule has 1 unspecified atom stereocenters. The van der Waals surface area contributed by atoms with E-state index in [-0.39, 0.29) is 12.5 Å². The summed E-state index contributed by atoms with van der Waals surface area (Å²) >= 11 is 6.30. The van der Waals surface area contributed by atoms with E-state index >= 15 is 0 Å². The number of halogens is 1. The summed E-state index contributed by atoms with van der Waals surface area (Å²) in [5.41, 5.74) is 4.52. The molecule has 1 aromatic heterocycles. The third-order valence-corrected chi connectivity index (χ3v) is 6.53. The van der Waals surface area contributed by atoms with Crippen LogP contribution >= 0.6 is 11.6 Å². The zero-order chi connectivity index (χ0) is 26.6. The summed E-state index contributed by atoms with van der Waals surface area (Å²) in [7, 11) is 0. The van der Waals surface area contributed by atoms with Crippen molar-refractivity contribution in [1.82, 2.24) is 20.2 Å². The molecule has 1 aliphatic rings. The molecule has 1 aliphatic heterocycles. The van der Waals surface area contributed by atoms with Gasteiger partial charge in [-0.3, -0.25) is 4.79 Å². The van der Waals surface area contributed by atoms with Crippen LogP contribution in [-0.2, 0) is 11.4 Å². The first kappa shape index (κ1) is 25.3. The number of aromatic nitrogens is 4. The van der Waals surface area contributed by atoms with Crippen LogP contribution in [0.25, 0.3) is 0 Å². The number of aryl methyl sites for hydroxylation is 1. The molecule has 2 heterocycles. The van der Waals surface area contributed by atoms with Crippen LogP contribution in [0.2, 0.25) is 5.02 Å². The Labute approximate surface area is 225 Å². The number of tetrazole rings is 1. The highest BCUT2D eigenvalue weighted by atomic mass is 35.5. The van der Waals surface area contributed by atoms with E-state index in [1.807, 2.05) is 87.5 Å².